The third-order valence-corrected chi connectivity index (χ3v) is 3.97. The molecule has 3 heterocycles. The summed E-state index contributed by atoms with van der Waals surface area (Å²) in [5.74, 6) is 1.20. The number of fused-ring (bicyclic) bond motifs is 1. The molecule has 1 amide bonds. The SMILES string of the molecule is Cn1cccc1CNC(=O)c1cc(-c2ccc3c(c2)OCO3)n[nH]1. The summed E-state index contributed by atoms with van der Waals surface area (Å²) in [4.78, 5) is 12.2. The topological polar surface area (TPSA) is 81.2 Å². The van der Waals surface area contributed by atoms with E-state index in [4.69, 9.17) is 9.47 Å². The molecule has 0 saturated carbocycles. The van der Waals surface area contributed by atoms with E-state index in [0.29, 0.717) is 23.7 Å². The van der Waals surface area contributed by atoms with Crippen molar-refractivity contribution in [3.05, 3.63) is 54.0 Å². The number of H-pyrrole nitrogens is 1. The molecule has 0 aliphatic carbocycles. The van der Waals surface area contributed by atoms with E-state index in [2.05, 4.69) is 15.5 Å². The molecule has 0 unspecified atom stereocenters. The zero-order valence-electron chi connectivity index (χ0n) is 13.1. The minimum atomic E-state index is -0.198. The van der Waals surface area contributed by atoms with Gasteiger partial charge in [-0.05, 0) is 36.4 Å². The summed E-state index contributed by atoms with van der Waals surface area (Å²) < 4.78 is 12.6. The summed E-state index contributed by atoms with van der Waals surface area (Å²) in [6, 6.07) is 11.2. The molecule has 0 radical (unpaired) electrons. The number of amides is 1. The van der Waals surface area contributed by atoms with Gasteiger partial charge in [0.1, 0.15) is 5.69 Å². The van der Waals surface area contributed by atoms with Gasteiger partial charge in [0.2, 0.25) is 6.79 Å². The molecule has 1 aromatic carbocycles. The maximum atomic E-state index is 12.2. The normalized spacial score (nSPS) is 12.4. The molecule has 0 fully saturated rings. The molecule has 1 aliphatic rings. The number of nitrogens with one attached hydrogen (secondary N) is 2. The molecule has 7 heteroatoms. The second kappa shape index (κ2) is 5.77. The Morgan fingerprint density at radius 2 is 2.17 bits per heavy atom. The number of hydrogen-bond acceptors (Lipinski definition) is 4. The van der Waals surface area contributed by atoms with Crippen LogP contribution in [0, 0.1) is 0 Å². The van der Waals surface area contributed by atoms with Crippen molar-refractivity contribution in [2.75, 3.05) is 6.79 Å². The van der Waals surface area contributed by atoms with Crippen LogP contribution in [0.15, 0.2) is 42.6 Å². The third-order valence-electron chi connectivity index (χ3n) is 3.97. The van der Waals surface area contributed by atoms with Crippen molar-refractivity contribution < 1.29 is 14.3 Å². The van der Waals surface area contributed by atoms with Crippen LogP contribution in [-0.4, -0.2) is 27.5 Å². The van der Waals surface area contributed by atoms with Gasteiger partial charge in [0, 0.05) is 24.5 Å². The smallest absolute Gasteiger partial charge is 0.269 e. The van der Waals surface area contributed by atoms with Crippen LogP contribution in [0.4, 0.5) is 0 Å². The molecular formula is C17H16N4O3. The first-order valence-corrected chi connectivity index (χ1v) is 7.54. The number of aryl methyl sites for hydroxylation is 1. The average Bonchev–Trinajstić information content (AvgIpc) is 3.32. The summed E-state index contributed by atoms with van der Waals surface area (Å²) in [7, 11) is 1.94. The van der Waals surface area contributed by atoms with Gasteiger partial charge in [0.05, 0.1) is 12.2 Å². The molecule has 4 rings (SSSR count). The quantitative estimate of drug-likeness (QED) is 0.770. The molecule has 1 aliphatic heterocycles. The van der Waals surface area contributed by atoms with E-state index in [0.717, 1.165) is 17.0 Å². The minimum absolute atomic E-state index is 0.198. The predicted octanol–water partition coefficient (Wildman–Crippen LogP) is 2.07. The van der Waals surface area contributed by atoms with E-state index in [9.17, 15) is 4.79 Å². The Morgan fingerprint density at radius 3 is 3.00 bits per heavy atom. The number of carbonyl (C=O) groups is 1. The van der Waals surface area contributed by atoms with Gasteiger partial charge >= 0.3 is 0 Å². The second-order valence-electron chi connectivity index (χ2n) is 5.53. The molecule has 2 N–H and O–H groups in total. The maximum absolute atomic E-state index is 12.2. The van der Waals surface area contributed by atoms with Crippen LogP contribution >= 0.6 is 0 Å². The van der Waals surface area contributed by atoms with Gasteiger partial charge in [-0.15, -0.1) is 0 Å². The highest BCUT2D eigenvalue weighted by Gasteiger charge is 2.16. The molecule has 3 aromatic rings. The third kappa shape index (κ3) is 2.60. The van der Waals surface area contributed by atoms with Crippen molar-refractivity contribution in [2.45, 2.75) is 6.54 Å². The summed E-state index contributed by atoms with van der Waals surface area (Å²) in [5.41, 5.74) is 2.98. The van der Waals surface area contributed by atoms with Gasteiger partial charge in [-0.1, -0.05) is 0 Å². The molecular weight excluding hydrogens is 308 g/mol. The number of aromatic nitrogens is 3. The first-order chi connectivity index (χ1) is 11.7. The lowest BCUT2D eigenvalue weighted by Gasteiger charge is -2.04. The lowest BCUT2D eigenvalue weighted by atomic mass is 10.1. The number of nitrogens with zero attached hydrogens (tertiary/aromatic N) is 2. The lowest BCUT2D eigenvalue weighted by molar-refractivity contribution is 0.0945. The fraction of sp³-hybridized carbons (Fsp3) is 0.176. The summed E-state index contributed by atoms with van der Waals surface area (Å²) in [5, 5.41) is 9.86. The Morgan fingerprint density at radius 1 is 1.29 bits per heavy atom. The minimum Gasteiger partial charge on any atom is -0.454 e. The van der Waals surface area contributed by atoms with E-state index in [1.165, 1.54) is 0 Å². The van der Waals surface area contributed by atoms with E-state index in [-0.39, 0.29) is 12.7 Å². The fourth-order valence-corrected chi connectivity index (χ4v) is 2.59. The largest absolute Gasteiger partial charge is 0.454 e. The standard InChI is InChI=1S/C17H16N4O3/c1-21-6-2-3-12(21)9-18-17(22)14-8-13(19-20-14)11-4-5-15-16(7-11)24-10-23-15/h2-8H,9-10H2,1H3,(H,18,22)(H,19,20). The van der Waals surface area contributed by atoms with Crippen LogP contribution < -0.4 is 14.8 Å². The van der Waals surface area contributed by atoms with Gasteiger partial charge in [-0.2, -0.15) is 5.10 Å². The van der Waals surface area contributed by atoms with Gasteiger partial charge < -0.3 is 19.4 Å². The van der Waals surface area contributed by atoms with Crippen molar-refractivity contribution in [1.82, 2.24) is 20.1 Å². The van der Waals surface area contributed by atoms with Crippen LogP contribution in [-0.2, 0) is 13.6 Å². The van der Waals surface area contributed by atoms with Crippen molar-refractivity contribution in [2.24, 2.45) is 7.05 Å². The number of benzene rings is 1. The lowest BCUT2D eigenvalue weighted by Crippen LogP contribution is -2.24. The van der Waals surface area contributed by atoms with Crippen LogP contribution in [0.25, 0.3) is 11.3 Å². The predicted molar refractivity (Wildman–Crippen MR) is 86.7 cm³/mol. The second-order valence-corrected chi connectivity index (χ2v) is 5.53. The maximum Gasteiger partial charge on any atom is 0.269 e. The molecule has 7 nitrogen and oxygen atoms in total. The Bertz CT molecular complexity index is 897. The Kier molecular flexibility index (Phi) is 3.45. The van der Waals surface area contributed by atoms with E-state index < -0.39 is 0 Å². The number of rotatable bonds is 4. The van der Waals surface area contributed by atoms with Gasteiger partial charge in [0.25, 0.3) is 5.91 Å². The fourth-order valence-electron chi connectivity index (χ4n) is 2.59. The van der Waals surface area contributed by atoms with Crippen molar-refractivity contribution in [1.29, 1.82) is 0 Å². The summed E-state index contributed by atoms with van der Waals surface area (Å²) in [6.45, 7) is 0.687. The van der Waals surface area contributed by atoms with E-state index >= 15 is 0 Å². The molecule has 0 saturated heterocycles. The molecule has 0 spiro atoms. The van der Waals surface area contributed by atoms with Crippen molar-refractivity contribution in [3.63, 3.8) is 0 Å². The number of carbonyl (C=O) groups excluding carboxylic acids is 1. The Balaban J connectivity index is 1.48. The first kappa shape index (κ1) is 14.4. The molecule has 2 aromatic heterocycles. The monoisotopic (exact) mass is 324 g/mol. The van der Waals surface area contributed by atoms with Crippen molar-refractivity contribution in [3.8, 4) is 22.8 Å². The molecule has 0 bridgehead atoms. The van der Waals surface area contributed by atoms with Gasteiger partial charge in [-0.3, -0.25) is 9.89 Å². The van der Waals surface area contributed by atoms with Gasteiger partial charge in [0.15, 0.2) is 11.5 Å². The van der Waals surface area contributed by atoms with Crippen LogP contribution in [0.5, 0.6) is 11.5 Å². The Labute approximate surface area is 138 Å². The number of hydrogen-bond donors (Lipinski definition) is 2. The van der Waals surface area contributed by atoms with Gasteiger partial charge in [-0.25, -0.2) is 0 Å². The van der Waals surface area contributed by atoms with Crippen molar-refractivity contribution >= 4 is 5.91 Å². The first-order valence-electron chi connectivity index (χ1n) is 7.54. The van der Waals surface area contributed by atoms with Crippen LogP contribution in [0.3, 0.4) is 0 Å². The van der Waals surface area contributed by atoms with E-state index in [1.54, 1.807) is 6.07 Å². The summed E-state index contributed by atoms with van der Waals surface area (Å²) in [6.07, 6.45) is 1.94. The molecule has 0 atom stereocenters. The number of aromatic amines is 1. The zero-order valence-corrected chi connectivity index (χ0v) is 13.1. The highest BCUT2D eigenvalue weighted by molar-refractivity contribution is 5.93. The number of ether oxygens (including phenoxy) is 2. The summed E-state index contributed by atoms with van der Waals surface area (Å²) >= 11 is 0. The average molecular weight is 324 g/mol. The highest BCUT2D eigenvalue weighted by Crippen LogP contribution is 2.35. The Hall–Kier alpha value is -3.22. The highest BCUT2D eigenvalue weighted by atomic mass is 16.7. The molecule has 122 valence electrons. The zero-order chi connectivity index (χ0) is 16.5. The van der Waals surface area contributed by atoms with Crippen LogP contribution in [0.1, 0.15) is 16.2 Å². The van der Waals surface area contributed by atoms with E-state index in [1.807, 2.05) is 48.1 Å². The van der Waals surface area contributed by atoms with Crippen LogP contribution in [0.2, 0.25) is 0 Å². The molecule has 24 heavy (non-hydrogen) atoms.